The second-order valence-corrected chi connectivity index (χ2v) is 7.23. The summed E-state index contributed by atoms with van der Waals surface area (Å²) in [7, 11) is -1.43. The minimum atomic E-state index is -3.03. The van der Waals surface area contributed by atoms with Crippen molar-refractivity contribution in [2.24, 2.45) is 0 Å². The Morgan fingerprint density at radius 2 is 2.19 bits per heavy atom. The van der Waals surface area contributed by atoms with E-state index in [0.29, 0.717) is 36.8 Å². The molecule has 0 spiro atoms. The molecule has 0 amide bonds. The molecule has 0 aromatic carbocycles. The molecule has 0 radical (unpaired) electrons. The van der Waals surface area contributed by atoms with Crippen LogP contribution in [0, 0.1) is 0 Å². The van der Waals surface area contributed by atoms with Crippen LogP contribution >= 0.6 is 0 Å². The second-order valence-electron chi connectivity index (χ2n) is 5.96. The van der Waals surface area contributed by atoms with Gasteiger partial charge in [-0.3, -0.25) is 4.21 Å². The van der Waals surface area contributed by atoms with Crippen molar-refractivity contribution < 1.29 is 22.5 Å². The van der Waals surface area contributed by atoms with Crippen molar-refractivity contribution in [1.82, 2.24) is 15.0 Å². The minimum Gasteiger partial charge on any atom is -0.431 e. The lowest BCUT2D eigenvalue weighted by Gasteiger charge is -2.32. The highest BCUT2D eigenvalue weighted by molar-refractivity contribution is 7.84. The van der Waals surface area contributed by atoms with Gasteiger partial charge in [0.15, 0.2) is 11.6 Å². The van der Waals surface area contributed by atoms with Crippen molar-refractivity contribution in [3.63, 3.8) is 0 Å². The zero-order chi connectivity index (χ0) is 19.6. The first-order chi connectivity index (χ1) is 12.8. The Morgan fingerprint density at radius 3 is 2.85 bits per heavy atom. The van der Waals surface area contributed by atoms with Gasteiger partial charge in [0, 0.05) is 37.2 Å². The van der Waals surface area contributed by atoms with E-state index in [9.17, 15) is 13.0 Å². The first-order valence-corrected chi connectivity index (χ1v) is 9.69. The minimum absolute atomic E-state index is 0.0250. The number of alkyl halides is 2. The molecule has 0 bridgehead atoms. The summed E-state index contributed by atoms with van der Waals surface area (Å²) in [5.41, 5.74) is 6.37. The lowest BCUT2D eigenvalue weighted by Crippen LogP contribution is -2.41. The molecule has 1 fully saturated rings. The predicted molar refractivity (Wildman–Crippen MR) is 96.3 cm³/mol. The van der Waals surface area contributed by atoms with Crippen LogP contribution in [0.4, 0.5) is 20.4 Å². The summed E-state index contributed by atoms with van der Waals surface area (Å²) >= 11 is 0. The summed E-state index contributed by atoms with van der Waals surface area (Å²) in [6, 6.07) is 3.01. The second kappa shape index (κ2) is 8.09. The van der Waals surface area contributed by atoms with E-state index in [1.54, 1.807) is 6.07 Å². The van der Waals surface area contributed by atoms with Crippen LogP contribution in [0.3, 0.4) is 0 Å². The quantitative estimate of drug-likeness (QED) is 0.758. The third-order valence-corrected chi connectivity index (χ3v) is 4.60. The topological polar surface area (TPSA) is 103 Å². The maximum atomic E-state index is 12.6. The molecule has 2 unspecified atom stereocenters. The summed E-state index contributed by atoms with van der Waals surface area (Å²) in [4.78, 5) is 14.5. The van der Waals surface area contributed by atoms with Crippen LogP contribution in [0.15, 0.2) is 23.5 Å². The number of anilines is 2. The number of nitrogens with two attached hydrogens (primary N) is 1. The standard InChI is InChI=1S/C16H19F2N5O3S/c1-9-8-23(3-4-25-9)13-6-11(21-16(22-13)27(2)24)10-5-12(26-15(17)18)14(19)20-7-10/h5-7,9,15H,3-4,8H2,1-2H3,(H2,19,20). The van der Waals surface area contributed by atoms with Gasteiger partial charge in [-0.2, -0.15) is 8.78 Å². The summed E-state index contributed by atoms with van der Waals surface area (Å²) in [6.07, 6.45) is 2.89. The Morgan fingerprint density at radius 1 is 1.41 bits per heavy atom. The van der Waals surface area contributed by atoms with E-state index in [2.05, 4.69) is 19.7 Å². The normalized spacial score (nSPS) is 18.6. The maximum absolute atomic E-state index is 12.6. The Kier molecular flexibility index (Phi) is 5.80. The average molecular weight is 399 g/mol. The Labute approximate surface area is 157 Å². The molecule has 2 N–H and O–H groups in total. The molecule has 8 nitrogen and oxygen atoms in total. The first-order valence-electron chi connectivity index (χ1n) is 8.13. The number of nitrogen functional groups attached to an aromatic ring is 1. The Bertz CT molecular complexity index is 855. The predicted octanol–water partition coefficient (Wildman–Crippen LogP) is 1.68. The third-order valence-electron chi connectivity index (χ3n) is 3.91. The molecule has 0 aliphatic carbocycles. The number of halogens is 2. The van der Waals surface area contributed by atoms with Gasteiger partial charge in [-0.15, -0.1) is 0 Å². The SMILES string of the molecule is CC1CN(c2cc(-c3cnc(N)c(OC(F)F)c3)nc(S(C)=O)n2)CCO1. The fourth-order valence-electron chi connectivity index (χ4n) is 2.66. The number of ether oxygens (including phenoxy) is 2. The van der Waals surface area contributed by atoms with Gasteiger partial charge in [-0.05, 0) is 13.0 Å². The van der Waals surface area contributed by atoms with Gasteiger partial charge in [0.05, 0.1) is 29.2 Å². The van der Waals surface area contributed by atoms with Crippen molar-refractivity contribution in [1.29, 1.82) is 0 Å². The molecule has 146 valence electrons. The fraction of sp³-hybridized carbons (Fsp3) is 0.438. The lowest BCUT2D eigenvalue weighted by molar-refractivity contribution is -0.0494. The molecule has 27 heavy (non-hydrogen) atoms. The van der Waals surface area contributed by atoms with E-state index in [0.717, 1.165) is 0 Å². The van der Waals surface area contributed by atoms with Crippen molar-refractivity contribution >= 4 is 22.4 Å². The summed E-state index contributed by atoms with van der Waals surface area (Å²) < 4.78 is 47.0. The van der Waals surface area contributed by atoms with E-state index in [-0.39, 0.29) is 22.8 Å². The summed E-state index contributed by atoms with van der Waals surface area (Å²) in [5, 5.41) is 0.134. The lowest BCUT2D eigenvalue weighted by atomic mass is 10.2. The van der Waals surface area contributed by atoms with E-state index in [1.807, 2.05) is 11.8 Å². The van der Waals surface area contributed by atoms with Crippen molar-refractivity contribution in [3.8, 4) is 17.0 Å². The van der Waals surface area contributed by atoms with Crippen LogP contribution in [-0.2, 0) is 15.5 Å². The molecule has 11 heteroatoms. The van der Waals surface area contributed by atoms with Gasteiger partial charge in [0.1, 0.15) is 5.82 Å². The zero-order valence-electron chi connectivity index (χ0n) is 14.8. The first kappa shape index (κ1) is 19.4. The molecule has 2 aromatic heterocycles. The Balaban J connectivity index is 2.03. The molecular weight excluding hydrogens is 380 g/mol. The third kappa shape index (κ3) is 4.66. The molecule has 2 atom stereocenters. The largest absolute Gasteiger partial charge is 0.431 e. The van der Waals surface area contributed by atoms with Crippen molar-refractivity contribution in [2.45, 2.75) is 24.8 Å². The van der Waals surface area contributed by atoms with Crippen LogP contribution in [-0.4, -0.2) is 57.8 Å². The van der Waals surface area contributed by atoms with E-state index in [1.165, 1.54) is 18.5 Å². The van der Waals surface area contributed by atoms with Gasteiger partial charge in [0.25, 0.3) is 0 Å². The Hall–Kier alpha value is -2.40. The van der Waals surface area contributed by atoms with Gasteiger partial charge < -0.3 is 20.1 Å². The number of nitrogens with zero attached hydrogens (tertiary/aromatic N) is 4. The van der Waals surface area contributed by atoms with E-state index >= 15 is 0 Å². The van der Waals surface area contributed by atoms with Crippen LogP contribution < -0.4 is 15.4 Å². The van der Waals surface area contributed by atoms with Gasteiger partial charge in [0.2, 0.25) is 5.16 Å². The van der Waals surface area contributed by atoms with E-state index in [4.69, 9.17) is 10.5 Å². The molecule has 2 aromatic rings. The number of morpholine rings is 1. The molecule has 3 rings (SSSR count). The van der Waals surface area contributed by atoms with Crippen LogP contribution in [0.2, 0.25) is 0 Å². The van der Waals surface area contributed by atoms with E-state index < -0.39 is 17.4 Å². The molecule has 3 heterocycles. The maximum Gasteiger partial charge on any atom is 0.387 e. The van der Waals surface area contributed by atoms with Crippen molar-refractivity contribution in [3.05, 3.63) is 18.3 Å². The van der Waals surface area contributed by atoms with Gasteiger partial charge in [-0.25, -0.2) is 15.0 Å². The highest BCUT2D eigenvalue weighted by Crippen LogP contribution is 2.29. The molecular formula is C16H19F2N5O3S. The number of rotatable bonds is 5. The van der Waals surface area contributed by atoms with Crippen molar-refractivity contribution in [2.75, 3.05) is 36.6 Å². The fourth-order valence-corrected chi connectivity index (χ4v) is 3.11. The highest BCUT2D eigenvalue weighted by Gasteiger charge is 2.21. The van der Waals surface area contributed by atoms with Crippen LogP contribution in [0.5, 0.6) is 5.75 Å². The zero-order valence-corrected chi connectivity index (χ0v) is 15.6. The number of hydrogen-bond acceptors (Lipinski definition) is 8. The number of aromatic nitrogens is 3. The monoisotopic (exact) mass is 399 g/mol. The van der Waals surface area contributed by atoms with Crippen LogP contribution in [0.25, 0.3) is 11.3 Å². The highest BCUT2D eigenvalue weighted by atomic mass is 32.2. The number of pyridine rings is 1. The number of hydrogen-bond donors (Lipinski definition) is 1. The average Bonchev–Trinajstić information content (AvgIpc) is 2.62. The molecule has 0 saturated carbocycles. The molecule has 1 aliphatic rings. The summed E-state index contributed by atoms with van der Waals surface area (Å²) in [5.74, 6) is 0.171. The van der Waals surface area contributed by atoms with Gasteiger partial charge in [-0.1, -0.05) is 0 Å². The van der Waals surface area contributed by atoms with Crippen LogP contribution in [0.1, 0.15) is 6.92 Å². The van der Waals surface area contributed by atoms with Gasteiger partial charge >= 0.3 is 6.61 Å². The smallest absolute Gasteiger partial charge is 0.387 e. The molecule has 1 saturated heterocycles. The molecule has 1 aliphatic heterocycles. The summed E-state index contributed by atoms with van der Waals surface area (Å²) in [6.45, 7) is 0.701.